The average molecular weight is 239 g/mol. The third-order valence-electron chi connectivity index (χ3n) is 2.53. The predicted molar refractivity (Wildman–Crippen MR) is 60.1 cm³/mol. The molecule has 0 radical (unpaired) electrons. The molecular formula is C12H14FNO3. The van der Waals surface area contributed by atoms with Crippen LogP contribution < -0.4 is 5.32 Å². The van der Waals surface area contributed by atoms with Crippen molar-refractivity contribution >= 4 is 11.9 Å². The van der Waals surface area contributed by atoms with Crippen molar-refractivity contribution < 1.29 is 19.1 Å². The molecule has 1 aromatic rings. The molecule has 17 heavy (non-hydrogen) atoms. The van der Waals surface area contributed by atoms with Crippen LogP contribution in [0, 0.1) is 5.82 Å². The van der Waals surface area contributed by atoms with Gasteiger partial charge in [0.25, 0.3) is 0 Å². The van der Waals surface area contributed by atoms with Gasteiger partial charge in [0.1, 0.15) is 12.4 Å². The summed E-state index contributed by atoms with van der Waals surface area (Å²) in [5.41, 5.74) is -0.273. The molecule has 1 amide bonds. The number of aliphatic carboxylic acids is 1. The molecule has 0 atom stereocenters. The lowest BCUT2D eigenvalue weighted by atomic mass is 9.84. The summed E-state index contributed by atoms with van der Waals surface area (Å²) in [6, 6.07) is 5.55. The average Bonchev–Trinajstić information content (AvgIpc) is 2.26. The molecular weight excluding hydrogens is 225 g/mol. The largest absolute Gasteiger partial charge is 0.480 e. The molecule has 5 heteroatoms. The van der Waals surface area contributed by atoms with E-state index < -0.39 is 23.8 Å². The number of hydrogen-bond donors (Lipinski definition) is 2. The molecule has 0 aromatic heterocycles. The normalized spacial score (nSPS) is 11.0. The molecule has 0 heterocycles. The fourth-order valence-electron chi connectivity index (χ4n) is 1.37. The summed E-state index contributed by atoms with van der Waals surface area (Å²) < 4.78 is 12.8. The second kappa shape index (κ2) is 4.95. The standard InChI is InChI=1S/C12H14FNO3/c1-12(2,11(17)14-7-10(15)16)8-3-5-9(13)6-4-8/h3-6H,7H2,1-2H3,(H,14,17)(H,15,16). The number of benzene rings is 1. The zero-order valence-corrected chi connectivity index (χ0v) is 9.66. The highest BCUT2D eigenvalue weighted by Gasteiger charge is 2.29. The van der Waals surface area contributed by atoms with Crippen LogP contribution in [0.5, 0.6) is 0 Å². The fraction of sp³-hybridized carbons (Fsp3) is 0.333. The van der Waals surface area contributed by atoms with Crippen molar-refractivity contribution in [3.8, 4) is 0 Å². The lowest BCUT2D eigenvalue weighted by Crippen LogP contribution is -2.42. The van der Waals surface area contributed by atoms with Gasteiger partial charge in [-0.3, -0.25) is 9.59 Å². The van der Waals surface area contributed by atoms with Crippen LogP contribution in [0.4, 0.5) is 4.39 Å². The van der Waals surface area contributed by atoms with Crippen molar-refractivity contribution in [2.45, 2.75) is 19.3 Å². The number of carboxylic acid groups (broad SMARTS) is 1. The molecule has 0 bridgehead atoms. The molecule has 4 nitrogen and oxygen atoms in total. The van der Waals surface area contributed by atoms with E-state index in [1.807, 2.05) is 0 Å². The lowest BCUT2D eigenvalue weighted by Gasteiger charge is -2.23. The number of carbonyl (C=O) groups is 2. The molecule has 0 saturated heterocycles. The van der Waals surface area contributed by atoms with Crippen LogP contribution in [0.25, 0.3) is 0 Å². The molecule has 0 spiro atoms. The number of amides is 1. The molecule has 1 aromatic carbocycles. The van der Waals surface area contributed by atoms with Gasteiger partial charge in [-0.25, -0.2) is 4.39 Å². The quantitative estimate of drug-likeness (QED) is 0.832. The minimum absolute atomic E-state index is 0.379. The fourth-order valence-corrected chi connectivity index (χ4v) is 1.37. The summed E-state index contributed by atoms with van der Waals surface area (Å²) in [7, 11) is 0. The van der Waals surface area contributed by atoms with E-state index in [0.717, 1.165) is 0 Å². The first-order valence-electron chi connectivity index (χ1n) is 5.10. The molecule has 2 N–H and O–H groups in total. The van der Waals surface area contributed by atoms with Crippen LogP contribution in [0.1, 0.15) is 19.4 Å². The van der Waals surface area contributed by atoms with Crippen LogP contribution in [0.2, 0.25) is 0 Å². The van der Waals surface area contributed by atoms with Crippen molar-refractivity contribution in [2.24, 2.45) is 0 Å². The summed E-state index contributed by atoms with van der Waals surface area (Å²) in [5.74, 6) is -1.89. The van der Waals surface area contributed by atoms with E-state index in [2.05, 4.69) is 5.32 Å². The molecule has 1 rings (SSSR count). The second-order valence-electron chi connectivity index (χ2n) is 4.21. The monoisotopic (exact) mass is 239 g/mol. The maximum absolute atomic E-state index is 12.8. The summed E-state index contributed by atoms with van der Waals surface area (Å²) in [6.45, 7) is 2.87. The highest BCUT2D eigenvalue weighted by molar-refractivity contribution is 5.89. The van der Waals surface area contributed by atoms with Crippen LogP contribution in [0.3, 0.4) is 0 Å². The Labute approximate surface area is 98.5 Å². The lowest BCUT2D eigenvalue weighted by molar-refractivity contribution is -0.138. The third kappa shape index (κ3) is 3.27. The van der Waals surface area contributed by atoms with Gasteiger partial charge < -0.3 is 10.4 Å². The van der Waals surface area contributed by atoms with E-state index in [9.17, 15) is 14.0 Å². The highest BCUT2D eigenvalue weighted by Crippen LogP contribution is 2.23. The van der Waals surface area contributed by atoms with Gasteiger partial charge in [-0.05, 0) is 31.5 Å². The van der Waals surface area contributed by atoms with E-state index in [-0.39, 0.29) is 5.82 Å². The van der Waals surface area contributed by atoms with Gasteiger partial charge in [0.15, 0.2) is 0 Å². The Balaban J connectivity index is 2.82. The maximum atomic E-state index is 12.8. The zero-order chi connectivity index (χ0) is 13.1. The predicted octanol–water partition coefficient (Wildman–Crippen LogP) is 1.30. The summed E-state index contributed by atoms with van der Waals surface area (Å²) in [4.78, 5) is 22.1. The van der Waals surface area contributed by atoms with Gasteiger partial charge >= 0.3 is 5.97 Å². The van der Waals surface area contributed by atoms with E-state index >= 15 is 0 Å². The zero-order valence-electron chi connectivity index (χ0n) is 9.66. The molecule has 0 fully saturated rings. The topological polar surface area (TPSA) is 66.4 Å². The van der Waals surface area contributed by atoms with Gasteiger partial charge in [-0.1, -0.05) is 12.1 Å². The van der Waals surface area contributed by atoms with Crippen molar-refractivity contribution in [2.75, 3.05) is 6.54 Å². The molecule has 0 unspecified atom stereocenters. The van der Waals surface area contributed by atoms with Gasteiger partial charge in [-0.15, -0.1) is 0 Å². The van der Waals surface area contributed by atoms with Crippen LogP contribution in [-0.4, -0.2) is 23.5 Å². The van der Waals surface area contributed by atoms with Crippen molar-refractivity contribution in [3.63, 3.8) is 0 Å². The third-order valence-corrected chi connectivity index (χ3v) is 2.53. The first-order valence-corrected chi connectivity index (χ1v) is 5.10. The first-order chi connectivity index (χ1) is 7.84. The van der Waals surface area contributed by atoms with Crippen LogP contribution in [-0.2, 0) is 15.0 Å². The van der Waals surface area contributed by atoms with E-state index in [1.165, 1.54) is 24.3 Å². The number of rotatable bonds is 4. The summed E-state index contributed by atoms with van der Waals surface area (Å²) in [5, 5.41) is 10.8. The van der Waals surface area contributed by atoms with Gasteiger partial charge in [0, 0.05) is 0 Å². The van der Waals surface area contributed by atoms with Crippen LogP contribution >= 0.6 is 0 Å². The van der Waals surface area contributed by atoms with Crippen molar-refractivity contribution in [1.82, 2.24) is 5.32 Å². The highest BCUT2D eigenvalue weighted by atomic mass is 19.1. The number of hydrogen-bond acceptors (Lipinski definition) is 2. The van der Waals surface area contributed by atoms with Crippen LogP contribution in [0.15, 0.2) is 24.3 Å². The van der Waals surface area contributed by atoms with Gasteiger partial charge in [0.2, 0.25) is 5.91 Å². The Kier molecular flexibility index (Phi) is 3.83. The Hall–Kier alpha value is -1.91. The van der Waals surface area contributed by atoms with E-state index in [0.29, 0.717) is 5.56 Å². The van der Waals surface area contributed by atoms with E-state index in [1.54, 1.807) is 13.8 Å². The smallest absolute Gasteiger partial charge is 0.322 e. The molecule has 0 aliphatic rings. The van der Waals surface area contributed by atoms with Gasteiger partial charge in [-0.2, -0.15) is 0 Å². The molecule has 92 valence electrons. The van der Waals surface area contributed by atoms with Crippen molar-refractivity contribution in [3.05, 3.63) is 35.6 Å². The SMILES string of the molecule is CC(C)(C(=O)NCC(=O)O)c1ccc(F)cc1. The van der Waals surface area contributed by atoms with Crippen molar-refractivity contribution in [1.29, 1.82) is 0 Å². The maximum Gasteiger partial charge on any atom is 0.322 e. The first kappa shape index (κ1) is 13.2. The molecule has 0 aliphatic heterocycles. The molecule has 0 aliphatic carbocycles. The van der Waals surface area contributed by atoms with E-state index in [4.69, 9.17) is 5.11 Å². The number of nitrogens with one attached hydrogen (secondary N) is 1. The molecule has 0 saturated carbocycles. The Bertz CT molecular complexity index is 426. The minimum atomic E-state index is -1.10. The second-order valence-corrected chi connectivity index (χ2v) is 4.21. The Morgan fingerprint density at radius 1 is 1.29 bits per heavy atom. The Morgan fingerprint density at radius 3 is 2.29 bits per heavy atom. The number of carbonyl (C=O) groups excluding carboxylic acids is 1. The summed E-state index contributed by atoms with van der Waals surface area (Å²) >= 11 is 0. The Morgan fingerprint density at radius 2 is 1.82 bits per heavy atom. The number of halogens is 1. The van der Waals surface area contributed by atoms with Gasteiger partial charge in [0.05, 0.1) is 5.41 Å². The summed E-state index contributed by atoms with van der Waals surface area (Å²) in [6.07, 6.45) is 0. The number of carboxylic acids is 1. The minimum Gasteiger partial charge on any atom is -0.480 e.